The molecule has 1 aromatic rings. The lowest BCUT2D eigenvalue weighted by atomic mass is 10.0. The van der Waals surface area contributed by atoms with Crippen molar-refractivity contribution in [3.8, 4) is 0 Å². The number of aromatic nitrogens is 1. The van der Waals surface area contributed by atoms with Gasteiger partial charge in [-0.25, -0.2) is 0 Å². The van der Waals surface area contributed by atoms with Crippen LogP contribution in [0.2, 0.25) is 0 Å². The van der Waals surface area contributed by atoms with E-state index in [-0.39, 0.29) is 0 Å². The second-order valence-electron chi connectivity index (χ2n) is 5.25. The summed E-state index contributed by atoms with van der Waals surface area (Å²) in [5.74, 6) is 0.905. The average molecular weight is 251 g/mol. The van der Waals surface area contributed by atoms with Gasteiger partial charge in [0.05, 0.1) is 5.69 Å². The molecule has 1 aliphatic heterocycles. The zero-order chi connectivity index (χ0) is 12.8. The van der Waals surface area contributed by atoms with Gasteiger partial charge in [-0.15, -0.1) is 0 Å². The number of piperidine rings is 1. The Bertz CT molecular complexity index is 351. The largest absolute Gasteiger partial charge is 0.361 e. The molecule has 4 nitrogen and oxygen atoms in total. The van der Waals surface area contributed by atoms with Crippen LogP contribution in [0.3, 0.4) is 0 Å². The first-order chi connectivity index (χ1) is 8.79. The van der Waals surface area contributed by atoms with E-state index in [1.54, 1.807) is 0 Å². The van der Waals surface area contributed by atoms with E-state index in [0.717, 1.165) is 31.1 Å². The first-order valence-corrected chi connectivity index (χ1v) is 7.16. The predicted molar refractivity (Wildman–Crippen MR) is 72.4 cm³/mol. The molecule has 0 aliphatic carbocycles. The number of nitrogens with one attached hydrogen (secondary N) is 1. The molecule has 1 N–H and O–H groups in total. The van der Waals surface area contributed by atoms with Crippen LogP contribution < -0.4 is 5.32 Å². The van der Waals surface area contributed by atoms with E-state index in [2.05, 4.69) is 22.3 Å². The molecule has 18 heavy (non-hydrogen) atoms. The third-order valence-corrected chi connectivity index (χ3v) is 3.60. The molecule has 2 rings (SSSR count). The first-order valence-electron chi connectivity index (χ1n) is 7.16. The fourth-order valence-corrected chi connectivity index (χ4v) is 2.65. The van der Waals surface area contributed by atoms with E-state index in [9.17, 15) is 0 Å². The summed E-state index contributed by atoms with van der Waals surface area (Å²) in [5, 5.41) is 7.64. The highest BCUT2D eigenvalue weighted by molar-refractivity contribution is 5.03. The van der Waals surface area contributed by atoms with Crippen LogP contribution in [0.15, 0.2) is 10.6 Å². The molecule has 0 saturated carbocycles. The minimum atomic E-state index is 0.655. The molecule has 1 atom stereocenters. The maximum atomic E-state index is 5.15. The summed E-state index contributed by atoms with van der Waals surface area (Å²) in [6.45, 7) is 8.50. The third kappa shape index (κ3) is 3.82. The van der Waals surface area contributed by atoms with Gasteiger partial charge in [0.15, 0.2) is 0 Å². The van der Waals surface area contributed by atoms with Gasteiger partial charge in [-0.2, -0.15) is 0 Å². The Morgan fingerprint density at radius 2 is 2.39 bits per heavy atom. The Balaban J connectivity index is 1.86. The second-order valence-corrected chi connectivity index (χ2v) is 5.25. The van der Waals surface area contributed by atoms with Crippen LogP contribution >= 0.6 is 0 Å². The summed E-state index contributed by atoms with van der Waals surface area (Å²) in [7, 11) is 0. The number of aryl methyl sites for hydroxylation is 1. The van der Waals surface area contributed by atoms with Crippen LogP contribution in [0.5, 0.6) is 0 Å². The summed E-state index contributed by atoms with van der Waals surface area (Å²) in [6, 6.07) is 2.70. The van der Waals surface area contributed by atoms with E-state index in [4.69, 9.17) is 4.52 Å². The SMILES string of the molecule is CCCNCC1CCCCN1Cc1cc(C)on1. The van der Waals surface area contributed by atoms with Gasteiger partial charge in [-0.1, -0.05) is 18.5 Å². The lowest BCUT2D eigenvalue weighted by molar-refractivity contribution is 0.134. The van der Waals surface area contributed by atoms with Gasteiger partial charge in [-0.05, 0) is 39.3 Å². The average Bonchev–Trinajstić information content (AvgIpc) is 2.77. The molecule has 1 fully saturated rings. The van der Waals surface area contributed by atoms with Gasteiger partial charge >= 0.3 is 0 Å². The van der Waals surface area contributed by atoms with Crippen molar-refractivity contribution < 1.29 is 4.52 Å². The smallest absolute Gasteiger partial charge is 0.133 e. The lowest BCUT2D eigenvalue weighted by Crippen LogP contribution is -2.45. The van der Waals surface area contributed by atoms with Crippen LogP contribution in [-0.2, 0) is 6.54 Å². The van der Waals surface area contributed by atoms with E-state index in [1.165, 1.54) is 32.2 Å². The van der Waals surface area contributed by atoms with Gasteiger partial charge in [-0.3, -0.25) is 4.90 Å². The van der Waals surface area contributed by atoms with E-state index in [1.807, 2.05) is 13.0 Å². The molecule has 0 spiro atoms. The zero-order valence-corrected chi connectivity index (χ0v) is 11.6. The van der Waals surface area contributed by atoms with Crippen molar-refractivity contribution >= 4 is 0 Å². The van der Waals surface area contributed by atoms with Crippen molar-refractivity contribution in [2.75, 3.05) is 19.6 Å². The second kappa shape index (κ2) is 6.90. The number of likely N-dealkylation sites (tertiary alicyclic amines) is 1. The van der Waals surface area contributed by atoms with Gasteiger partial charge in [0.2, 0.25) is 0 Å². The van der Waals surface area contributed by atoms with Crippen LogP contribution in [0, 0.1) is 6.92 Å². The molecule has 0 radical (unpaired) electrons. The van der Waals surface area contributed by atoms with Gasteiger partial charge in [0.1, 0.15) is 5.76 Å². The Hall–Kier alpha value is -0.870. The Morgan fingerprint density at radius 3 is 3.11 bits per heavy atom. The summed E-state index contributed by atoms with van der Waals surface area (Å²) in [6.07, 6.45) is 5.16. The normalized spacial score (nSPS) is 21.3. The monoisotopic (exact) mass is 251 g/mol. The highest BCUT2D eigenvalue weighted by Crippen LogP contribution is 2.19. The summed E-state index contributed by atoms with van der Waals surface area (Å²) < 4.78 is 5.15. The highest BCUT2D eigenvalue weighted by atomic mass is 16.5. The molecule has 0 bridgehead atoms. The molecular formula is C14H25N3O. The number of rotatable bonds is 6. The number of hydrogen-bond donors (Lipinski definition) is 1. The number of hydrogen-bond acceptors (Lipinski definition) is 4. The van der Waals surface area contributed by atoms with Crippen LogP contribution in [0.1, 0.15) is 44.1 Å². The topological polar surface area (TPSA) is 41.3 Å². The first kappa shape index (κ1) is 13.6. The number of nitrogens with zero attached hydrogens (tertiary/aromatic N) is 2. The molecule has 102 valence electrons. The van der Waals surface area contributed by atoms with Crippen molar-refractivity contribution in [3.05, 3.63) is 17.5 Å². The summed E-state index contributed by atoms with van der Waals surface area (Å²) >= 11 is 0. The minimum Gasteiger partial charge on any atom is -0.361 e. The maximum absolute atomic E-state index is 5.15. The fraction of sp³-hybridized carbons (Fsp3) is 0.786. The van der Waals surface area contributed by atoms with Crippen LogP contribution in [0.25, 0.3) is 0 Å². The predicted octanol–water partition coefficient (Wildman–Crippen LogP) is 2.34. The molecule has 1 aliphatic rings. The van der Waals surface area contributed by atoms with Crippen LogP contribution in [-0.4, -0.2) is 35.7 Å². The van der Waals surface area contributed by atoms with Crippen molar-refractivity contribution in [1.29, 1.82) is 0 Å². The lowest BCUT2D eigenvalue weighted by Gasteiger charge is -2.35. The van der Waals surface area contributed by atoms with Gasteiger partial charge < -0.3 is 9.84 Å². The standard InChI is InChI=1S/C14H25N3O/c1-3-7-15-10-14-6-4-5-8-17(14)11-13-9-12(2)18-16-13/h9,14-15H,3-8,10-11H2,1-2H3. The Kier molecular flexibility index (Phi) is 5.20. The minimum absolute atomic E-state index is 0.655. The quantitative estimate of drug-likeness (QED) is 0.788. The molecule has 1 aromatic heterocycles. The maximum Gasteiger partial charge on any atom is 0.133 e. The fourth-order valence-electron chi connectivity index (χ4n) is 2.65. The summed E-state index contributed by atoms with van der Waals surface area (Å²) in [5.41, 5.74) is 1.06. The highest BCUT2D eigenvalue weighted by Gasteiger charge is 2.22. The zero-order valence-electron chi connectivity index (χ0n) is 11.6. The van der Waals surface area contributed by atoms with Crippen LogP contribution in [0.4, 0.5) is 0 Å². The third-order valence-electron chi connectivity index (χ3n) is 3.60. The molecule has 0 aromatic carbocycles. The molecule has 1 saturated heterocycles. The van der Waals surface area contributed by atoms with Crippen molar-refractivity contribution in [2.24, 2.45) is 0 Å². The van der Waals surface area contributed by atoms with Gasteiger partial charge in [0.25, 0.3) is 0 Å². The Labute approximate surface area is 110 Å². The van der Waals surface area contributed by atoms with E-state index in [0.29, 0.717) is 6.04 Å². The Morgan fingerprint density at radius 1 is 1.50 bits per heavy atom. The van der Waals surface area contributed by atoms with Crippen molar-refractivity contribution in [2.45, 2.75) is 52.1 Å². The van der Waals surface area contributed by atoms with E-state index >= 15 is 0 Å². The molecule has 0 amide bonds. The van der Waals surface area contributed by atoms with Gasteiger partial charge in [0, 0.05) is 25.2 Å². The van der Waals surface area contributed by atoms with Crippen molar-refractivity contribution in [3.63, 3.8) is 0 Å². The molecule has 4 heteroatoms. The molecule has 2 heterocycles. The van der Waals surface area contributed by atoms with Crippen molar-refractivity contribution in [1.82, 2.24) is 15.4 Å². The molecule has 1 unspecified atom stereocenters. The summed E-state index contributed by atoms with van der Waals surface area (Å²) in [4.78, 5) is 2.55. The van der Waals surface area contributed by atoms with E-state index < -0.39 is 0 Å². The molecular weight excluding hydrogens is 226 g/mol.